The van der Waals surface area contributed by atoms with Gasteiger partial charge in [0.1, 0.15) is 0 Å². The highest BCUT2D eigenvalue weighted by Crippen LogP contribution is 2.03. The van der Waals surface area contributed by atoms with E-state index in [1.54, 1.807) is 24.3 Å². The smallest absolute Gasteiger partial charge is 0.317 e. The predicted octanol–water partition coefficient (Wildman–Crippen LogP) is 0.0496. The molecule has 0 bridgehead atoms. The van der Waals surface area contributed by atoms with Crippen molar-refractivity contribution in [3.63, 3.8) is 0 Å². The van der Waals surface area contributed by atoms with E-state index in [1.807, 2.05) is 11.1 Å². The first-order valence-corrected chi connectivity index (χ1v) is 4.48. The summed E-state index contributed by atoms with van der Waals surface area (Å²) in [5.41, 5.74) is 0.713. The first-order valence-electron chi connectivity index (χ1n) is 4.48. The van der Waals surface area contributed by atoms with E-state index in [-0.39, 0.29) is 6.54 Å². The lowest BCUT2D eigenvalue weighted by Crippen LogP contribution is -2.17. The molecule has 2 rings (SSSR count). The highest BCUT2D eigenvalue weighted by Gasteiger charge is 2.03. The van der Waals surface area contributed by atoms with Gasteiger partial charge in [-0.1, -0.05) is 12.1 Å². The van der Waals surface area contributed by atoms with E-state index < -0.39 is 11.4 Å². The summed E-state index contributed by atoms with van der Waals surface area (Å²) in [6.45, 7) is 0.156. The average molecular weight is 217 g/mol. The number of aromatic amines is 1. The fraction of sp³-hybridized carbons (Fsp3) is 0.100. The topological polar surface area (TPSA) is 91.8 Å². The van der Waals surface area contributed by atoms with Gasteiger partial charge in [0.2, 0.25) is 0 Å². The molecule has 0 unspecified atom stereocenters. The third-order valence-corrected chi connectivity index (χ3v) is 2.04. The molecule has 0 saturated carbocycles. The molecule has 0 aliphatic heterocycles. The number of nitrogens with zero attached hydrogens (tertiary/aromatic N) is 2. The van der Waals surface area contributed by atoms with Crippen molar-refractivity contribution in [2.45, 2.75) is 6.54 Å². The molecule has 1 aromatic carbocycles. The van der Waals surface area contributed by atoms with Crippen LogP contribution >= 0.6 is 0 Å². The van der Waals surface area contributed by atoms with E-state index in [1.165, 1.54) is 0 Å². The lowest BCUT2D eigenvalue weighted by molar-refractivity contribution is 0.258. The quantitative estimate of drug-likeness (QED) is 0.769. The second-order valence-electron chi connectivity index (χ2n) is 3.15. The van der Waals surface area contributed by atoms with Crippen molar-refractivity contribution in [1.29, 1.82) is 5.26 Å². The normalized spacial score (nSPS) is 9.94. The molecule has 0 fully saturated rings. The standard InChI is InChI=1S/C10H7N3O3/c11-5-7-1-3-8(4-2-7)6-13-9(14)12-10(15)16-13/h1-4H,6H2,(H,12,14,15). The van der Waals surface area contributed by atoms with Gasteiger partial charge in [-0.3, -0.25) is 0 Å². The number of nitrogens with one attached hydrogen (secondary N) is 1. The van der Waals surface area contributed by atoms with E-state index in [0.29, 0.717) is 5.56 Å². The fourth-order valence-corrected chi connectivity index (χ4v) is 1.27. The van der Waals surface area contributed by atoms with Gasteiger partial charge in [0.25, 0.3) is 0 Å². The predicted molar refractivity (Wildman–Crippen MR) is 53.8 cm³/mol. The average Bonchev–Trinajstić information content (AvgIpc) is 2.59. The number of hydrogen-bond acceptors (Lipinski definition) is 4. The third kappa shape index (κ3) is 1.93. The van der Waals surface area contributed by atoms with Gasteiger partial charge in [0, 0.05) is 0 Å². The van der Waals surface area contributed by atoms with Crippen LogP contribution in [-0.2, 0) is 6.54 Å². The van der Waals surface area contributed by atoms with Crippen LogP contribution in [0, 0.1) is 11.3 Å². The van der Waals surface area contributed by atoms with Crippen molar-refractivity contribution >= 4 is 0 Å². The van der Waals surface area contributed by atoms with Crippen molar-refractivity contribution in [2.24, 2.45) is 0 Å². The Bertz CT molecular complexity index is 639. The molecule has 0 aliphatic carbocycles. The van der Waals surface area contributed by atoms with Crippen molar-refractivity contribution in [3.8, 4) is 6.07 Å². The van der Waals surface area contributed by atoms with Crippen LogP contribution in [0.1, 0.15) is 11.1 Å². The zero-order chi connectivity index (χ0) is 11.5. The van der Waals surface area contributed by atoms with Gasteiger partial charge >= 0.3 is 11.4 Å². The van der Waals surface area contributed by atoms with Gasteiger partial charge in [0.15, 0.2) is 0 Å². The minimum atomic E-state index is -0.779. The van der Waals surface area contributed by atoms with E-state index in [0.717, 1.165) is 10.3 Å². The monoisotopic (exact) mass is 217 g/mol. The summed E-state index contributed by atoms with van der Waals surface area (Å²) >= 11 is 0. The van der Waals surface area contributed by atoms with Crippen LogP contribution < -0.4 is 11.4 Å². The molecule has 6 nitrogen and oxygen atoms in total. The molecule has 0 atom stereocenters. The highest BCUT2D eigenvalue weighted by atomic mass is 16.5. The molecule has 1 aromatic heterocycles. The second kappa shape index (κ2) is 3.90. The molecule has 0 aliphatic rings. The minimum Gasteiger partial charge on any atom is -0.317 e. The number of benzene rings is 1. The van der Waals surface area contributed by atoms with Crippen LogP contribution in [0.15, 0.2) is 38.4 Å². The van der Waals surface area contributed by atoms with Gasteiger partial charge in [-0.05, 0) is 17.7 Å². The van der Waals surface area contributed by atoms with Crippen LogP contribution in [0.25, 0.3) is 0 Å². The second-order valence-corrected chi connectivity index (χ2v) is 3.15. The SMILES string of the molecule is N#Cc1ccc(Cn2oc(=O)[nH]c2=O)cc1. The summed E-state index contributed by atoms with van der Waals surface area (Å²) in [6, 6.07) is 8.63. The molecular weight excluding hydrogens is 210 g/mol. The fourth-order valence-electron chi connectivity index (χ4n) is 1.27. The minimum absolute atomic E-state index is 0.156. The Hall–Kier alpha value is -2.55. The number of H-pyrrole nitrogens is 1. The lowest BCUT2D eigenvalue weighted by Gasteiger charge is -1.98. The molecule has 0 radical (unpaired) electrons. The van der Waals surface area contributed by atoms with Gasteiger partial charge in [-0.25, -0.2) is 14.6 Å². The maximum atomic E-state index is 11.1. The van der Waals surface area contributed by atoms with Crippen molar-refractivity contribution in [2.75, 3.05) is 0 Å². The zero-order valence-electron chi connectivity index (χ0n) is 8.14. The third-order valence-electron chi connectivity index (χ3n) is 2.04. The highest BCUT2D eigenvalue weighted by molar-refractivity contribution is 5.31. The molecule has 1 N–H and O–H groups in total. The summed E-state index contributed by atoms with van der Waals surface area (Å²) < 4.78 is 5.52. The Balaban J connectivity index is 2.28. The molecule has 6 heteroatoms. The Morgan fingerprint density at radius 3 is 2.50 bits per heavy atom. The van der Waals surface area contributed by atoms with Gasteiger partial charge in [0.05, 0.1) is 18.2 Å². The summed E-state index contributed by atoms with van der Waals surface area (Å²) in [7, 11) is 0. The van der Waals surface area contributed by atoms with E-state index >= 15 is 0 Å². The Kier molecular flexibility index (Phi) is 2.44. The first kappa shape index (κ1) is 9.98. The van der Waals surface area contributed by atoms with Gasteiger partial charge < -0.3 is 4.52 Å². The van der Waals surface area contributed by atoms with Crippen LogP contribution in [0.4, 0.5) is 0 Å². The van der Waals surface area contributed by atoms with Crippen LogP contribution in [0.2, 0.25) is 0 Å². The number of nitriles is 1. The number of rotatable bonds is 2. The maximum absolute atomic E-state index is 11.1. The number of aromatic nitrogens is 2. The lowest BCUT2D eigenvalue weighted by atomic mass is 10.1. The van der Waals surface area contributed by atoms with Crippen molar-refractivity contribution in [1.82, 2.24) is 9.72 Å². The molecule has 2 aromatic rings. The molecule has 0 saturated heterocycles. The zero-order valence-corrected chi connectivity index (χ0v) is 8.14. The largest absolute Gasteiger partial charge is 0.440 e. The van der Waals surface area contributed by atoms with E-state index in [2.05, 4.69) is 4.52 Å². The molecule has 1 heterocycles. The molecule has 0 amide bonds. The van der Waals surface area contributed by atoms with Gasteiger partial charge in [-0.15, -0.1) is 4.74 Å². The van der Waals surface area contributed by atoms with E-state index in [9.17, 15) is 9.59 Å². The maximum Gasteiger partial charge on any atom is 0.440 e. The molecular formula is C10H7N3O3. The van der Waals surface area contributed by atoms with Gasteiger partial charge in [-0.2, -0.15) is 5.26 Å². The van der Waals surface area contributed by atoms with E-state index in [4.69, 9.17) is 5.26 Å². The van der Waals surface area contributed by atoms with Crippen LogP contribution in [0.3, 0.4) is 0 Å². The molecule has 80 valence electrons. The summed E-state index contributed by atoms with van der Waals surface area (Å²) in [5.74, 6) is -0.779. The van der Waals surface area contributed by atoms with Crippen molar-refractivity contribution in [3.05, 3.63) is 56.4 Å². The Morgan fingerprint density at radius 2 is 2.00 bits per heavy atom. The summed E-state index contributed by atoms with van der Waals surface area (Å²) in [5, 5.41) is 8.60. The Morgan fingerprint density at radius 1 is 1.31 bits per heavy atom. The molecule has 0 spiro atoms. The van der Waals surface area contributed by atoms with Crippen molar-refractivity contribution < 1.29 is 4.52 Å². The Labute approximate surface area is 89.3 Å². The number of hydrogen-bond donors (Lipinski definition) is 1. The summed E-state index contributed by atoms with van der Waals surface area (Å²) in [4.78, 5) is 23.8. The van der Waals surface area contributed by atoms with Crippen LogP contribution in [0.5, 0.6) is 0 Å². The summed E-state index contributed by atoms with van der Waals surface area (Å²) in [6.07, 6.45) is 0. The first-order chi connectivity index (χ1) is 7.69. The van der Waals surface area contributed by atoms with Crippen LogP contribution in [-0.4, -0.2) is 9.72 Å². The molecule has 16 heavy (non-hydrogen) atoms.